The zero-order valence-electron chi connectivity index (χ0n) is 12.9. The molecular formula is C16H20N2O4S. The fourth-order valence-corrected chi connectivity index (χ4v) is 3.16. The second kappa shape index (κ2) is 8.59. The van der Waals surface area contributed by atoms with Crippen molar-refractivity contribution in [3.63, 3.8) is 0 Å². The molecule has 0 saturated carbocycles. The molecule has 1 aromatic carbocycles. The van der Waals surface area contributed by atoms with Crippen LogP contribution in [0.5, 0.6) is 0 Å². The molecule has 7 heteroatoms. The summed E-state index contributed by atoms with van der Waals surface area (Å²) in [6.07, 6.45) is 1.84. The van der Waals surface area contributed by atoms with Crippen molar-refractivity contribution >= 4 is 33.4 Å². The third kappa shape index (κ3) is 5.30. The molecule has 0 fully saturated rings. The van der Waals surface area contributed by atoms with E-state index in [9.17, 15) is 9.59 Å². The van der Waals surface area contributed by atoms with Crippen LogP contribution >= 0.6 is 11.3 Å². The van der Waals surface area contributed by atoms with E-state index in [2.05, 4.69) is 16.4 Å². The van der Waals surface area contributed by atoms with E-state index in [1.807, 2.05) is 18.2 Å². The first kappa shape index (κ1) is 17.4. The molecule has 0 bridgehead atoms. The molecule has 1 atom stereocenters. The highest BCUT2D eigenvalue weighted by molar-refractivity contribution is 7.18. The Morgan fingerprint density at radius 2 is 2.13 bits per heavy atom. The monoisotopic (exact) mass is 336 g/mol. The molecule has 1 amide bonds. The number of rotatable bonds is 9. The van der Waals surface area contributed by atoms with Gasteiger partial charge in [0.05, 0.1) is 21.8 Å². The number of aromatic nitrogens is 1. The number of hydrogen-bond acceptors (Lipinski definition) is 5. The van der Waals surface area contributed by atoms with Crippen molar-refractivity contribution in [2.45, 2.75) is 31.8 Å². The molecule has 124 valence electrons. The van der Waals surface area contributed by atoms with Gasteiger partial charge < -0.3 is 15.2 Å². The van der Waals surface area contributed by atoms with E-state index in [1.165, 1.54) is 11.8 Å². The summed E-state index contributed by atoms with van der Waals surface area (Å²) in [5.74, 6) is -1.23. The predicted molar refractivity (Wildman–Crippen MR) is 88.6 cm³/mol. The quantitative estimate of drug-likeness (QED) is 0.686. The lowest BCUT2D eigenvalue weighted by Crippen LogP contribution is -2.37. The van der Waals surface area contributed by atoms with Crippen molar-refractivity contribution in [2.24, 2.45) is 0 Å². The van der Waals surface area contributed by atoms with Crippen LogP contribution in [0.3, 0.4) is 0 Å². The highest BCUT2D eigenvalue weighted by Gasteiger charge is 2.16. The van der Waals surface area contributed by atoms with E-state index in [0.29, 0.717) is 6.42 Å². The van der Waals surface area contributed by atoms with Gasteiger partial charge in [0.15, 0.2) is 6.10 Å². The number of aliphatic carboxylic acids is 1. The van der Waals surface area contributed by atoms with E-state index in [-0.39, 0.29) is 12.5 Å². The number of benzene rings is 1. The number of ether oxygens (including phenoxy) is 1. The molecule has 0 aliphatic rings. The Kier molecular flexibility index (Phi) is 6.49. The number of unbranched alkanes of at least 4 members (excludes halogenated alkanes) is 1. The fraction of sp³-hybridized carbons (Fsp3) is 0.438. The second-order valence-corrected chi connectivity index (χ2v) is 6.26. The summed E-state index contributed by atoms with van der Waals surface area (Å²) < 4.78 is 5.93. The van der Waals surface area contributed by atoms with Crippen LogP contribution in [0, 0.1) is 0 Å². The number of fused-ring (bicyclic) bond motifs is 1. The van der Waals surface area contributed by atoms with Gasteiger partial charge in [0.25, 0.3) is 0 Å². The number of nitrogens with zero attached hydrogens (tertiary/aromatic N) is 1. The lowest BCUT2D eigenvalue weighted by Gasteiger charge is -2.11. The average Bonchev–Trinajstić information content (AvgIpc) is 2.94. The lowest BCUT2D eigenvalue weighted by atomic mass is 10.2. The van der Waals surface area contributed by atoms with Crippen LogP contribution in [0.1, 0.15) is 24.3 Å². The van der Waals surface area contributed by atoms with Gasteiger partial charge in [0.1, 0.15) is 0 Å². The molecule has 2 aromatic rings. The predicted octanol–water partition coefficient (Wildman–Crippen LogP) is 2.22. The third-order valence-corrected chi connectivity index (χ3v) is 4.52. The Morgan fingerprint density at radius 3 is 2.83 bits per heavy atom. The zero-order valence-corrected chi connectivity index (χ0v) is 13.8. The summed E-state index contributed by atoms with van der Waals surface area (Å²) >= 11 is 1.68. The fourth-order valence-electron chi connectivity index (χ4n) is 2.16. The van der Waals surface area contributed by atoms with Crippen molar-refractivity contribution in [3.8, 4) is 0 Å². The van der Waals surface area contributed by atoms with Crippen LogP contribution in [0.25, 0.3) is 10.2 Å². The first-order valence-electron chi connectivity index (χ1n) is 7.47. The van der Waals surface area contributed by atoms with Gasteiger partial charge in [-0.2, -0.15) is 0 Å². The minimum atomic E-state index is -1.08. The van der Waals surface area contributed by atoms with Gasteiger partial charge >= 0.3 is 5.97 Å². The van der Waals surface area contributed by atoms with Crippen molar-refractivity contribution in [3.05, 3.63) is 29.3 Å². The molecule has 23 heavy (non-hydrogen) atoms. The summed E-state index contributed by atoms with van der Waals surface area (Å²) in [5.41, 5.74) is 1.02. The summed E-state index contributed by atoms with van der Waals surface area (Å²) in [4.78, 5) is 27.0. The lowest BCUT2D eigenvalue weighted by molar-refractivity contribution is -0.148. The van der Waals surface area contributed by atoms with Gasteiger partial charge in [-0.05, 0) is 31.4 Å². The summed E-state index contributed by atoms with van der Waals surface area (Å²) in [5, 5.41) is 12.5. The number of nitrogens with one attached hydrogen (secondary N) is 1. The number of methoxy groups -OCH3 is 1. The summed E-state index contributed by atoms with van der Waals surface area (Å²) in [6.45, 7) is -0.0114. The highest BCUT2D eigenvalue weighted by atomic mass is 32.1. The zero-order chi connectivity index (χ0) is 16.7. The van der Waals surface area contributed by atoms with Gasteiger partial charge in [-0.1, -0.05) is 12.1 Å². The molecule has 2 N–H and O–H groups in total. The van der Waals surface area contributed by atoms with E-state index in [1.54, 1.807) is 11.3 Å². The molecule has 0 aliphatic heterocycles. The third-order valence-electron chi connectivity index (χ3n) is 3.43. The van der Waals surface area contributed by atoms with Gasteiger partial charge in [-0.15, -0.1) is 11.3 Å². The van der Waals surface area contributed by atoms with Crippen LogP contribution in [0.4, 0.5) is 0 Å². The molecular weight excluding hydrogens is 316 g/mol. The van der Waals surface area contributed by atoms with Gasteiger partial charge in [0, 0.05) is 13.5 Å². The number of carbonyl (C=O) groups is 2. The number of aryl methyl sites for hydroxylation is 1. The Balaban J connectivity index is 1.66. The SMILES string of the molecule is COC(CNC(=O)CCCCc1nc2ccccc2s1)C(=O)O. The smallest absolute Gasteiger partial charge is 0.334 e. The number of carboxylic acid groups (broad SMARTS) is 1. The molecule has 0 aliphatic carbocycles. The minimum absolute atomic E-state index is 0.0114. The van der Waals surface area contributed by atoms with E-state index in [4.69, 9.17) is 9.84 Å². The molecule has 1 unspecified atom stereocenters. The first-order chi connectivity index (χ1) is 11.1. The molecule has 1 heterocycles. The van der Waals surface area contributed by atoms with Crippen LogP contribution < -0.4 is 5.32 Å². The summed E-state index contributed by atoms with van der Waals surface area (Å²) in [7, 11) is 1.31. The van der Waals surface area contributed by atoms with E-state index in [0.717, 1.165) is 29.8 Å². The largest absolute Gasteiger partial charge is 0.479 e. The number of hydrogen-bond donors (Lipinski definition) is 2. The van der Waals surface area contributed by atoms with E-state index >= 15 is 0 Å². The average molecular weight is 336 g/mol. The first-order valence-corrected chi connectivity index (χ1v) is 8.28. The van der Waals surface area contributed by atoms with Crippen molar-refractivity contribution < 1.29 is 19.4 Å². The van der Waals surface area contributed by atoms with Gasteiger partial charge in [0.2, 0.25) is 5.91 Å². The van der Waals surface area contributed by atoms with Crippen molar-refractivity contribution in [1.29, 1.82) is 0 Å². The maximum absolute atomic E-state index is 11.7. The highest BCUT2D eigenvalue weighted by Crippen LogP contribution is 2.22. The molecule has 0 saturated heterocycles. The Hall–Kier alpha value is -1.99. The number of carbonyl (C=O) groups excluding carboxylic acids is 1. The van der Waals surface area contributed by atoms with Crippen LogP contribution in [0.15, 0.2) is 24.3 Å². The van der Waals surface area contributed by atoms with Crippen molar-refractivity contribution in [2.75, 3.05) is 13.7 Å². The molecule has 0 radical (unpaired) electrons. The molecule has 6 nitrogen and oxygen atoms in total. The number of thiazole rings is 1. The Bertz CT molecular complexity index is 638. The Morgan fingerprint density at radius 1 is 1.35 bits per heavy atom. The summed E-state index contributed by atoms with van der Waals surface area (Å²) in [6, 6.07) is 8.02. The topological polar surface area (TPSA) is 88.5 Å². The standard InChI is InChI=1S/C16H20N2O4S/c1-22-12(16(20)21)10-17-14(19)8-4-5-9-15-18-11-6-2-3-7-13(11)23-15/h2-3,6-7,12H,4-5,8-10H2,1H3,(H,17,19)(H,20,21). The molecule has 0 spiro atoms. The number of amides is 1. The Labute approximate surface area is 138 Å². The van der Waals surface area contributed by atoms with Crippen molar-refractivity contribution in [1.82, 2.24) is 10.3 Å². The number of para-hydroxylation sites is 1. The van der Waals surface area contributed by atoms with Gasteiger partial charge in [-0.3, -0.25) is 4.79 Å². The van der Waals surface area contributed by atoms with Crippen LogP contribution in [0.2, 0.25) is 0 Å². The second-order valence-electron chi connectivity index (χ2n) is 5.15. The maximum Gasteiger partial charge on any atom is 0.334 e. The normalized spacial score (nSPS) is 12.2. The van der Waals surface area contributed by atoms with Gasteiger partial charge in [-0.25, -0.2) is 9.78 Å². The maximum atomic E-state index is 11.7. The van der Waals surface area contributed by atoms with Crippen LogP contribution in [-0.2, 0) is 20.7 Å². The molecule has 1 aromatic heterocycles. The van der Waals surface area contributed by atoms with Crippen LogP contribution in [-0.4, -0.2) is 41.7 Å². The van der Waals surface area contributed by atoms with E-state index < -0.39 is 12.1 Å². The minimum Gasteiger partial charge on any atom is -0.479 e. The number of carboxylic acids is 1. The molecule has 2 rings (SSSR count).